The van der Waals surface area contributed by atoms with Crippen molar-refractivity contribution >= 4 is 45.8 Å². The maximum Gasteiger partial charge on any atom is 0.293 e. The zero-order valence-corrected chi connectivity index (χ0v) is 21.0. The van der Waals surface area contributed by atoms with E-state index < -0.39 is 5.91 Å². The van der Waals surface area contributed by atoms with Gasteiger partial charge in [-0.2, -0.15) is 9.78 Å². The highest BCUT2D eigenvalue weighted by Crippen LogP contribution is 2.27. The van der Waals surface area contributed by atoms with Gasteiger partial charge in [0.2, 0.25) is 11.6 Å². The zero-order valence-electron chi connectivity index (χ0n) is 19.4. The molecule has 3 heterocycles. The van der Waals surface area contributed by atoms with E-state index in [2.05, 4.69) is 40.8 Å². The normalized spacial score (nSPS) is 13.1. The maximum atomic E-state index is 12.9. The van der Waals surface area contributed by atoms with Gasteiger partial charge in [-0.05, 0) is 45.7 Å². The van der Waals surface area contributed by atoms with Crippen LogP contribution in [0.15, 0.2) is 69.3 Å². The molecule has 1 aliphatic heterocycles. The first-order valence-corrected chi connectivity index (χ1v) is 13.1. The van der Waals surface area contributed by atoms with Crippen LogP contribution in [0.3, 0.4) is 0 Å². The predicted octanol–water partition coefficient (Wildman–Crippen LogP) is 2.91. The highest BCUT2D eigenvalue weighted by Gasteiger charge is 2.24. The summed E-state index contributed by atoms with van der Waals surface area (Å²) in [6, 6.07) is 17.3. The number of amides is 1. The summed E-state index contributed by atoms with van der Waals surface area (Å²) >= 11 is 3.14. The van der Waals surface area contributed by atoms with Crippen LogP contribution in [0.2, 0.25) is 0 Å². The van der Waals surface area contributed by atoms with Crippen LogP contribution in [0.25, 0.3) is 5.82 Å². The van der Waals surface area contributed by atoms with Crippen molar-refractivity contribution in [2.24, 2.45) is 10.1 Å². The molecule has 0 fully saturated rings. The van der Waals surface area contributed by atoms with Crippen molar-refractivity contribution in [3.63, 3.8) is 0 Å². The number of nitrogens with one attached hydrogen (secondary N) is 1. The molecule has 4 aromatic rings. The second-order valence-corrected chi connectivity index (χ2v) is 9.90. The van der Waals surface area contributed by atoms with Crippen molar-refractivity contribution in [1.29, 1.82) is 0 Å². The number of aromatic nitrogens is 5. The van der Waals surface area contributed by atoms with Crippen LogP contribution in [0.1, 0.15) is 27.3 Å². The SMILES string of the molecule is Nc1nonc1-n1nnc(C(=O)N/N=C\c2ccc(OCc3ccccc3)cc2)c1CSC1=NCCS1. The summed E-state index contributed by atoms with van der Waals surface area (Å²) in [5.41, 5.74) is 10.7. The summed E-state index contributed by atoms with van der Waals surface area (Å²) in [5, 5.41) is 19.5. The average Bonchev–Trinajstić information content (AvgIpc) is 3.68. The first kappa shape index (κ1) is 24.5. The van der Waals surface area contributed by atoms with Gasteiger partial charge >= 0.3 is 0 Å². The number of hydrogen-bond donors (Lipinski definition) is 2. The molecule has 5 rings (SSSR count). The van der Waals surface area contributed by atoms with Gasteiger partial charge in [-0.3, -0.25) is 9.79 Å². The Balaban J connectivity index is 1.23. The van der Waals surface area contributed by atoms with Gasteiger partial charge in [0.15, 0.2) is 5.69 Å². The van der Waals surface area contributed by atoms with Crippen molar-refractivity contribution in [2.45, 2.75) is 12.4 Å². The molecule has 0 atom stereocenters. The quantitative estimate of drug-likeness (QED) is 0.241. The van der Waals surface area contributed by atoms with E-state index >= 15 is 0 Å². The van der Waals surface area contributed by atoms with E-state index in [0.29, 0.717) is 18.1 Å². The monoisotopic (exact) mass is 535 g/mol. The van der Waals surface area contributed by atoms with Gasteiger partial charge in [-0.25, -0.2) is 10.1 Å². The van der Waals surface area contributed by atoms with Crippen molar-refractivity contribution in [2.75, 3.05) is 18.0 Å². The Morgan fingerprint density at radius 3 is 2.78 bits per heavy atom. The second-order valence-electron chi connectivity index (χ2n) is 7.60. The van der Waals surface area contributed by atoms with Crippen molar-refractivity contribution < 1.29 is 14.2 Å². The number of thioether (sulfide) groups is 2. The molecule has 2 aromatic heterocycles. The second kappa shape index (κ2) is 11.7. The standard InChI is InChI=1S/C23H21N9O3S2/c24-20-21(30-35-29-20)32-18(14-37-23-25-10-11-36-23)19(27-31-32)22(33)28-26-12-15-6-8-17(9-7-15)34-13-16-4-2-1-3-5-16/h1-9,12H,10-11,13-14H2,(H2,24,29)(H,28,33)/b26-12-. The molecule has 3 N–H and O–H groups in total. The number of rotatable bonds is 9. The van der Waals surface area contributed by atoms with E-state index in [4.69, 9.17) is 10.5 Å². The topological polar surface area (TPSA) is 159 Å². The van der Waals surface area contributed by atoms with Crippen LogP contribution in [0, 0.1) is 0 Å². The van der Waals surface area contributed by atoms with Crippen LogP contribution in [0.5, 0.6) is 5.75 Å². The number of carbonyl (C=O) groups is 1. The summed E-state index contributed by atoms with van der Waals surface area (Å²) in [7, 11) is 0. The van der Waals surface area contributed by atoms with E-state index in [1.165, 1.54) is 22.7 Å². The number of hydrazone groups is 1. The fraction of sp³-hybridized carbons (Fsp3) is 0.174. The van der Waals surface area contributed by atoms with Gasteiger partial charge < -0.3 is 10.5 Å². The third kappa shape index (κ3) is 6.16. The number of hydrogen-bond acceptors (Lipinski definition) is 12. The number of ether oxygens (including phenoxy) is 1. The molecule has 0 saturated heterocycles. The van der Waals surface area contributed by atoms with Crippen LogP contribution >= 0.6 is 23.5 Å². The van der Waals surface area contributed by atoms with Crippen molar-refractivity contribution in [3.05, 3.63) is 77.1 Å². The van der Waals surface area contributed by atoms with Crippen LogP contribution in [-0.4, -0.2) is 54.1 Å². The lowest BCUT2D eigenvalue weighted by Crippen LogP contribution is -2.20. The highest BCUT2D eigenvalue weighted by molar-refractivity contribution is 8.38. The highest BCUT2D eigenvalue weighted by atomic mass is 32.2. The summed E-state index contributed by atoms with van der Waals surface area (Å²) in [4.78, 5) is 17.3. The molecular weight excluding hydrogens is 514 g/mol. The summed E-state index contributed by atoms with van der Waals surface area (Å²) in [6.07, 6.45) is 1.53. The fourth-order valence-electron chi connectivity index (χ4n) is 3.26. The van der Waals surface area contributed by atoms with E-state index in [-0.39, 0.29) is 17.3 Å². The van der Waals surface area contributed by atoms with E-state index in [1.54, 1.807) is 11.8 Å². The molecule has 0 bridgehead atoms. The Morgan fingerprint density at radius 1 is 1.22 bits per heavy atom. The van der Waals surface area contributed by atoms with Crippen LogP contribution < -0.4 is 15.9 Å². The van der Waals surface area contributed by atoms with Gasteiger partial charge in [0.1, 0.15) is 16.7 Å². The fourth-order valence-corrected chi connectivity index (χ4v) is 5.26. The molecule has 0 unspecified atom stereocenters. The average molecular weight is 536 g/mol. The Morgan fingerprint density at radius 2 is 2.05 bits per heavy atom. The van der Waals surface area contributed by atoms with Crippen LogP contribution in [0.4, 0.5) is 5.82 Å². The molecule has 2 aromatic carbocycles. The van der Waals surface area contributed by atoms with Crippen molar-refractivity contribution in [3.8, 4) is 11.6 Å². The minimum atomic E-state index is -0.531. The number of benzene rings is 2. The number of nitrogens with two attached hydrogens (primary N) is 1. The number of nitrogen functional groups attached to an aromatic ring is 1. The molecule has 1 aliphatic rings. The lowest BCUT2D eigenvalue weighted by molar-refractivity contribution is 0.0949. The van der Waals surface area contributed by atoms with Gasteiger partial charge in [-0.1, -0.05) is 59.1 Å². The molecule has 37 heavy (non-hydrogen) atoms. The molecule has 1 amide bonds. The third-order valence-electron chi connectivity index (χ3n) is 5.07. The largest absolute Gasteiger partial charge is 0.489 e. The molecule has 0 aliphatic carbocycles. The summed E-state index contributed by atoms with van der Waals surface area (Å²) in [5.74, 6) is 1.68. The lowest BCUT2D eigenvalue weighted by atomic mass is 10.2. The zero-order chi connectivity index (χ0) is 25.5. The summed E-state index contributed by atoms with van der Waals surface area (Å²) in [6.45, 7) is 1.25. The summed E-state index contributed by atoms with van der Waals surface area (Å²) < 4.78 is 12.7. The molecular formula is C23H21N9O3S2. The predicted molar refractivity (Wildman–Crippen MR) is 142 cm³/mol. The van der Waals surface area contributed by atoms with Crippen LogP contribution in [-0.2, 0) is 12.4 Å². The first-order chi connectivity index (χ1) is 18.2. The Hall–Kier alpha value is -4.17. The van der Waals surface area contributed by atoms with E-state index in [0.717, 1.165) is 33.5 Å². The maximum absolute atomic E-state index is 12.9. The molecule has 14 heteroatoms. The third-order valence-corrected chi connectivity index (χ3v) is 7.34. The Kier molecular flexibility index (Phi) is 7.76. The number of nitrogens with zero attached hydrogens (tertiary/aromatic N) is 7. The van der Waals surface area contributed by atoms with Gasteiger partial charge in [0.25, 0.3) is 5.91 Å². The minimum Gasteiger partial charge on any atom is -0.489 e. The minimum absolute atomic E-state index is 0.0323. The van der Waals surface area contributed by atoms with Gasteiger partial charge in [0, 0.05) is 11.5 Å². The molecule has 0 spiro atoms. The number of anilines is 1. The van der Waals surface area contributed by atoms with E-state index in [1.807, 2.05) is 54.6 Å². The smallest absolute Gasteiger partial charge is 0.293 e. The number of carbonyl (C=O) groups excluding carboxylic acids is 1. The van der Waals surface area contributed by atoms with Crippen molar-refractivity contribution in [1.82, 2.24) is 30.7 Å². The Bertz CT molecular complexity index is 1420. The molecule has 0 saturated carbocycles. The molecule has 12 nitrogen and oxygen atoms in total. The van der Waals surface area contributed by atoms with Gasteiger partial charge in [-0.15, -0.1) is 5.10 Å². The molecule has 0 radical (unpaired) electrons. The molecule has 188 valence electrons. The van der Waals surface area contributed by atoms with Gasteiger partial charge in [0.05, 0.1) is 18.5 Å². The number of aliphatic imine (C=N–C) groups is 1. The lowest BCUT2D eigenvalue weighted by Gasteiger charge is -2.06. The van der Waals surface area contributed by atoms with E-state index in [9.17, 15) is 4.79 Å². The first-order valence-electron chi connectivity index (χ1n) is 11.1. The Labute approximate surface area is 219 Å².